The third-order valence-corrected chi connectivity index (χ3v) is 1.52. The van der Waals surface area contributed by atoms with E-state index in [1.807, 2.05) is 6.07 Å². The molecule has 0 spiro atoms. The molecule has 2 rings (SSSR count). The van der Waals surface area contributed by atoms with Crippen molar-refractivity contribution in [1.82, 2.24) is 14.6 Å². The van der Waals surface area contributed by atoms with Gasteiger partial charge in [-0.1, -0.05) is 11.6 Å². The van der Waals surface area contributed by atoms with Crippen LogP contribution in [0.3, 0.4) is 0 Å². The van der Waals surface area contributed by atoms with E-state index in [4.69, 9.17) is 11.6 Å². The van der Waals surface area contributed by atoms with Gasteiger partial charge in [-0.2, -0.15) is 5.10 Å². The van der Waals surface area contributed by atoms with E-state index in [9.17, 15) is 0 Å². The summed E-state index contributed by atoms with van der Waals surface area (Å²) in [6.07, 6.45) is 4.95. The molecule has 0 amide bonds. The van der Waals surface area contributed by atoms with Gasteiger partial charge in [0.2, 0.25) is 0 Å². The number of aromatic nitrogens is 3. The summed E-state index contributed by atoms with van der Waals surface area (Å²) in [5.41, 5.74) is 0.910. The van der Waals surface area contributed by atoms with Gasteiger partial charge in [0.25, 0.3) is 0 Å². The lowest BCUT2D eigenvalue weighted by Crippen LogP contribution is -1.88. The van der Waals surface area contributed by atoms with Crippen LogP contribution < -0.4 is 0 Å². The Labute approximate surface area is 62.3 Å². The van der Waals surface area contributed by atoms with E-state index in [1.165, 1.54) is 0 Å². The van der Waals surface area contributed by atoms with Crippen molar-refractivity contribution in [1.29, 1.82) is 0 Å². The first-order chi connectivity index (χ1) is 4.88. The molecule has 0 N–H and O–H groups in total. The fourth-order valence-electron chi connectivity index (χ4n) is 0.820. The van der Waals surface area contributed by atoms with Crippen LogP contribution in [0.25, 0.3) is 5.52 Å². The molecule has 0 saturated heterocycles. The van der Waals surface area contributed by atoms with E-state index in [-0.39, 0.29) is 0 Å². The SMILES string of the molecule is Clc1cncc2ccnn12. The number of halogens is 1. The zero-order valence-electron chi connectivity index (χ0n) is 5.03. The summed E-state index contributed by atoms with van der Waals surface area (Å²) in [4.78, 5) is 3.89. The van der Waals surface area contributed by atoms with E-state index in [2.05, 4.69) is 10.1 Å². The first kappa shape index (κ1) is 5.68. The molecule has 4 heteroatoms. The van der Waals surface area contributed by atoms with E-state index >= 15 is 0 Å². The molecule has 2 aromatic heterocycles. The third-order valence-electron chi connectivity index (χ3n) is 1.26. The van der Waals surface area contributed by atoms with Gasteiger partial charge in [-0.05, 0) is 6.07 Å². The fraction of sp³-hybridized carbons (Fsp3) is 0. The minimum Gasteiger partial charge on any atom is -0.259 e. The molecule has 0 aromatic carbocycles. The Kier molecular flexibility index (Phi) is 1.11. The van der Waals surface area contributed by atoms with Crippen LogP contribution in [0, 0.1) is 0 Å². The van der Waals surface area contributed by atoms with Gasteiger partial charge in [0.1, 0.15) is 5.15 Å². The lowest BCUT2D eigenvalue weighted by Gasteiger charge is -1.92. The second-order valence-electron chi connectivity index (χ2n) is 1.90. The Morgan fingerprint density at radius 2 is 2.30 bits per heavy atom. The average molecular weight is 154 g/mol. The summed E-state index contributed by atoms with van der Waals surface area (Å²) in [6.45, 7) is 0. The number of nitrogens with zero attached hydrogens (tertiary/aromatic N) is 3. The summed E-state index contributed by atoms with van der Waals surface area (Å²) in [5, 5.41) is 4.49. The highest BCUT2D eigenvalue weighted by Crippen LogP contribution is 2.07. The Balaban J connectivity index is 2.95. The molecular formula is C6H4ClN3. The van der Waals surface area contributed by atoms with Crippen LogP contribution in [-0.4, -0.2) is 14.6 Å². The van der Waals surface area contributed by atoms with E-state index in [0.717, 1.165) is 5.52 Å². The van der Waals surface area contributed by atoms with Gasteiger partial charge in [-0.3, -0.25) is 4.98 Å². The van der Waals surface area contributed by atoms with Crippen molar-refractivity contribution >= 4 is 17.1 Å². The highest BCUT2D eigenvalue weighted by Gasteiger charge is 1.95. The molecule has 50 valence electrons. The van der Waals surface area contributed by atoms with Gasteiger partial charge < -0.3 is 0 Å². The van der Waals surface area contributed by atoms with Crippen LogP contribution in [0.5, 0.6) is 0 Å². The number of hydrogen-bond acceptors (Lipinski definition) is 2. The van der Waals surface area contributed by atoms with Crippen molar-refractivity contribution < 1.29 is 0 Å². The summed E-state index contributed by atoms with van der Waals surface area (Å²) < 4.78 is 1.62. The van der Waals surface area contributed by atoms with Gasteiger partial charge in [-0.25, -0.2) is 4.52 Å². The first-order valence-electron chi connectivity index (χ1n) is 2.81. The zero-order chi connectivity index (χ0) is 6.97. The maximum Gasteiger partial charge on any atom is 0.149 e. The maximum absolute atomic E-state index is 5.74. The molecule has 2 heterocycles. The molecule has 0 unspecified atom stereocenters. The standard InChI is InChI=1S/C6H4ClN3/c7-6-4-8-3-5-1-2-9-10(5)6/h1-4H. The average Bonchev–Trinajstić information content (AvgIpc) is 2.36. The minimum atomic E-state index is 0.530. The van der Waals surface area contributed by atoms with Crippen LogP contribution in [0.1, 0.15) is 0 Å². The van der Waals surface area contributed by atoms with Crippen molar-refractivity contribution in [2.45, 2.75) is 0 Å². The molecule has 0 aliphatic heterocycles. The molecule has 0 aliphatic carbocycles. The minimum absolute atomic E-state index is 0.530. The fourth-order valence-corrected chi connectivity index (χ4v) is 1.02. The van der Waals surface area contributed by atoms with Crippen LogP contribution in [0.15, 0.2) is 24.7 Å². The highest BCUT2D eigenvalue weighted by molar-refractivity contribution is 6.29. The Morgan fingerprint density at radius 3 is 3.10 bits per heavy atom. The smallest absolute Gasteiger partial charge is 0.149 e. The topological polar surface area (TPSA) is 30.2 Å². The second-order valence-corrected chi connectivity index (χ2v) is 2.29. The van der Waals surface area contributed by atoms with E-state index in [0.29, 0.717) is 5.15 Å². The van der Waals surface area contributed by atoms with Crippen LogP contribution in [0.4, 0.5) is 0 Å². The molecule has 2 aromatic rings. The van der Waals surface area contributed by atoms with Crippen LogP contribution in [0.2, 0.25) is 5.15 Å². The van der Waals surface area contributed by atoms with Gasteiger partial charge >= 0.3 is 0 Å². The van der Waals surface area contributed by atoms with Crippen LogP contribution >= 0.6 is 11.6 Å². The normalized spacial score (nSPS) is 10.5. The lowest BCUT2D eigenvalue weighted by molar-refractivity contribution is 0.947. The van der Waals surface area contributed by atoms with Crippen molar-refractivity contribution in [2.24, 2.45) is 0 Å². The van der Waals surface area contributed by atoms with Crippen LogP contribution in [-0.2, 0) is 0 Å². The van der Waals surface area contributed by atoms with Crippen molar-refractivity contribution in [3.8, 4) is 0 Å². The quantitative estimate of drug-likeness (QED) is 0.573. The van der Waals surface area contributed by atoms with Gasteiger partial charge in [0.15, 0.2) is 0 Å². The summed E-state index contributed by atoms with van der Waals surface area (Å²) in [5.74, 6) is 0. The van der Waals surface area contributed by atoms with Gasteiger partial charge in [0, 0.05) is 0 Å². The largest absolute Gasteiger partial charge is 0.259 e. The molecule has 0 radical (unpaired) electrons. The molecule has 0 atom stereocenters. The predicted molar refractivity (Wildman–Crippen MR) is 38.0 cm³/mol. The molecule has 0 bridgehead atoms. The summed E-state index contributed by atoms with van der Waals surface area (Å²) in [7, 11) is 0. The Hall–Kier alpha value is -1.09. The molecule has 3 nitrogen and oxygen atoms in total. The first-order valence-corrected chi connectivity index (χ1v) is 3.19. The number of fused-ring (bicyclic) bond motifs is 1. The van der Waals surface area contributed by atoms with E-state index < -0.39 is 0 Å². The molecule has 0 saturated carbocycles. The monoisotopic (exact) mass is 153 g/mol. The van der Waals surface area contributed by atoms with Gasteiger partial charge in [0.05, 0.1) is 24.1 Å². The Bertz CT molecular complexity index is 355. The Morgan fingerprint density at radius 1 is 1.40 bits per heavy atom. The third kappa shape index (κ3) is 0.675. The summed E-state index contributed by atoms with van der Waals surface area (Å²) >= 11 is 5.74. The van der Waals surface area contributed by atoms with Crippen molar-refractivity contribution in [3.63, 3.8) is 0 Å². The molecule has 0 fully saturated rings. The zero-order valence-corrected chi connectivity index (χ0v) is 5.78. The van der Waals surface area contributed by atoms with Gasteiger partial charge in [-0.15, -0.1) is 0 Å². The maximum atomic E-state index is 5.74. The molecule has 0 aliphatic rings. The predicted octanol–water partition coefficient (Wildman–Crippen LogP) is 1.38. The second kappa shape index (κ2) is 1.95. The van der Waals surface area contributed by atoms with E-state index in [1.54, 1.807) is 23.1 Å². The van der Waals surface area contributed by atoms with Crippen molar-refractivity contribution in [3.05, 3.63) is 29.8 Å². The summed E-state index contributed by atoms with van der Waals surface area (Å²) in [6, 6.07) is 1.85. The van der Waals surface area contributed by atoms with Crippen molar-refractivity contribution in [2.75, 3.05) is 0 Å². The molecular weight excluding hydrogens is 150 g/mol. The number of rotatable bonds is 0. The number of hydrogen-bond donors (Lipinski definition) is 0. The highest BCUT2D eigenvalue weighted by atomic mass is 35.5. The lowest BCUT2D eigenvalue weighted by atomic mass is 10.5. The molecule has 10 heavy (non-hydrogen) atoms.